The Balaban J connectivity index is 1.69. The number of aromatic nitrogens is 2. The molecule has 0 radical (unpaired) electrons. The largest absolute Gasteiger partial charge is 0.398 e. The van der Waals surface area contributed by atoms with Crippen molar-refractivity contribution >= 4 is 44.6 Å². The van der Waals surface area contributed by atoms with Crippen LogP contribution in [0.1, 0.15) is 24.5 Å². The molecule has 8 heteroatoms. The molecule has 0 atom stereocenters. The van der Waals surface area contributed by atoms with E-state index in [1.54, 1.807) is 23.6 Å². The Morgan fingerprint density at radius 2 is 1.97 bits per heavy atom. The number of nitrogens with one attached hydrogen (secondary N) is 2. The molecule has 2 heterocycles. The van der Waals surface area contributed by atoms with Gasteiger partial charge in [-0.25, -0.2) is 4.98 Å². The normalized spacial score (nSPS) is 11.2. The summed E-state index contributed by atoms with van der Waals surface area (Å²) in [6.07, 6.45) is 2.76. The maximum absolute atomic E-state index is 6.53. The zero-order chi connectivity index (χ0) is 21.8. The minimum absolute atomic E-state index is 0.229. The second kappa shape index (κ2) is 9.30. The lowest BCUT2D eigenvalue weighted by Crippen LogP contribution is -2.47. The minimum Gasteiger partial charge on any atom is -0.398 e. The summed E-state index contributed by atoms with van der Waals surface area (Å²) in [5.41, 5.74) is 21.2. The van der Waals surface area contributed by atoms with Crippen molar-refractivity contribution in [3.8, 4) is 10.4 Å². The molecule has 0 amide bonds. The van der Waals surface area contributed by atoms with Gasteiger partial charge >= 0.3 is 0 Å². The van der Waals surface area contributed by atoms with Crippen LogP contribution in [0.3, 0.4) is 0 Å². The highest BCUT2D eigenvalue weighted by Gasteiger charge is 2.14. The van der Waals surface area contributed by atoms with Gasteiger partial charge in [0.05, 0.1) is 0 Å². The fraction of sp³-hybridized carbons (Fsp3) is 0.217. The standard InChI is InChI=1S/C23H27N7S/c1-2-6-27-13-14-3-4-19-15(8-14)10-20(31-19)18-11-17(9-16(12-24)22(18)25)29-21-5-7-28-23(26)30-21/h3-5,7-11,27H,2,6,12-13,24-25H2,1H3,(H3,26,28,29,30)/p+1. The molecule has 0 aliphatic heterocycles. The highest BCUT2D eigenvalue weighted by atomic mass is 32.1. The Labute approximate surface area is 185 Å². The first kappa shape index (κ1) is 21.0. The van der Waals surface area contributed by atoms with E-state index in [1.807, 2.05) is 6.07 Å². The first-order valence-electron chi connectivity index (χ1n) is 10.4. The zero-order valence-electron chi connectivity index (χ0n) is 17.6. The molecule has 2 aromatic heterocycles. The molecule has 0 aliphatic carbocycles. The summed E-state index contributed by atoms with van der Waals surface area (Å²) >= 11 is 1.74. The summed E-state index contributed by atoms with van der Waals surface area (Å²) < 4.78 is 1.24. The topological polar surface area (TPSA) is 130 Å². The van der Waals surface area contributed by atoms with Gasteiger partial charge < -0.3 is 27.8 Å². The van der Waals surface area contributed by atoms with E-state index in [0.29, 0.717) is 12.4 Å². The van der Waals surface area contributed by atoms with E-state index in [9.17, 15) is 0 Å². The predicted octanol–water partition coefficient (Wildman–Crippen LogP) is 3.51. The van der Waals surface area contributed by atoms with Crippen molar-refractivity contribution < 1.29 is 5.73 Å². The van der Waals surface area contributed by atoms with Gasteiger partial charge in [0.2, 0.25) is 5.95 Å². The Morgan fingerprint density at radius 3 is 2.74 bits per heavy atom. The van der Waals surface area contributed by atoms with Gasteiger partial charge in [0.1, 0.15) is 12.4 Å². The van der Waals surface area contributed by atoms with Crippen molar-refractivity contribution in [2.45, 2.75) is 26.4 Å². The SMILES string of the molecule is CCCNCc1ccc2sc(-c3cc(Nc4ccnc(N)n4)cc(C[NH3+])c3N)cc2c1. The predicted molar refractivity (Wildman–Crippen MR) is 130 cm³/mol. The number of nitrogens with zero attached hydrogens (tertiary/aromatic N) is 2. The zero-order valence-corrected chi connectivity index (χ0v) is 18.4. The van der Waals surface area contributed by atoms with Crippen LogP contribution in [0.5, 0.6) is 0 Å². The maximum Gasteiger partial charge on any atom is 0.221 e. The summed E-state index contributed by atoms with van der Waals surface area (Å²) in [6.45, 7) is 4.67. The number of nitrogens with two attached hydrogens (primary N) is 2. The van der Waals surface area contributed by atoms with Crippen LogP contribution in [0.2, 0.25) is 0 Å². The van der Waals surface area contributed by atoms with E-state index >= 15 is 0 Å². The van der Waals surface area contributed by atoms with Crippen LogP contribution in [0.15, 0.2) is 48.7 Å². The molecule has 0 saturated carbocycles. The van der Waals surface area contributed by atoms with Gasteiger partial charge in [0.15, 0.2) is 0 Å². The molecular weight excluding hydrogens is 406 g/mol. The molecule has 2 aromatic carbocycles. The van der Waals surface area contributed by atoms with Crippen molar-refractivity contribution in [1.82, 2.24) is 15.3 Å². The average molecular weight is 435 g/mol. The van der Waals surface area contributed by atoms with Crippen LogP contribution in [-0.4, -0.2) is 16.5 Å². The molecule has 0 bridgehead atoms. The van der Waals surface area contributed by atoms with Crippen LogP contribution < -0.4 is 27.8 Å². The number of anilines is 4. The molecule has 31 heavy (non-hydrogen) atoms. The number of thiophene rings is 1. The van der Waals surface area contributed by atoms with Crippen LogP contribution in [-0.2, 0) is 13.1 Å². The van der Waals surface area contributed by atoms with Gasteiger partial charge in [0.25, 0.3) is 0 Å². The second-order valence-corrected chi connectivity index (χ2v) is 8.52. The van der Waals surface area contributed by atoms with Gasteiger partial charge in [-0.3, -0.25) is 0 Å². The van der Waals surface area contributed by atoms with Gasteiger partial charge in [-0.15, -0.1) is 11.3 Å². The third-order valence-corrected chi connectivity index (χ3v) is 6.23. The molecular formula is C23H28N7S+. The molecule has 9 N–H and O–H groups in total. The summed E-state index contributed by atoms with van der Waals surface area (Å²) in [4.78, 5) is 9.30. The minimum atomic E-state index is 0.229. The van der Waals surface area contributed by atoms with Gasteiger partial charge in [-0.2, -0.15) is 4.98 Å². The first-order valence-corrected chi connectivity index (χ1v) is 11.2. The van der Waals surface area contributed by atoms with E-state index in [1.165, 1.54) is 15.6 Å². The van der Waals surface area contributed by atoms with Crippen LogP contribution >= 0.6 is 11.3 Å². The Bertz CT molecular complexity index is 1200. The molecule has 0 unspecified atom stereocenters. The summed E-state index contributed by atoms with van der Waals surface area (Å²) in [5, 5.41) is 8.00. The molecule has 7 nitrogen and oxygen atoms in total. The smallest absolute Gasteiger partial charge is 0.221 e. The number of hydrogen-bond acceptors (Lipinski definition) is 7. The highest BCUT2D eigenvalue weighted by Crippen LogP contribution is 2.39. The first-order chi connectivity index (χ1) is 15.1. The van der Waals surface area contributed by atoms with E-state index in [-0.39, 0.29) is 5.95 Å². The van der Waals surface area contributed by atoms with Crippen LogP contribution in [0, 0.1) is 0 Å². The Hall–Kier alpha value is -3.20. The number of quaternary nitrogens is 1. The van der Waals surface area contributed by atoms with Crippen molar-refractivity contribution in [2.24, 2.45) is 0 Å². The quantitative estimate of drug-likeness (QED) is 0.213. The van der Waals surface area contributed by atoms with E-state index in [0.717, 1.165) is 46.9 Å². The highest BCUT2D eigenvalue weighted by molar-refractivity contribution is 7.22. The van der Waals surface area contributed by atoms with E-state index in [2.05, 4.69) is 63.6 Å². The van der Waals surface area contributed by atoms with Crippen molar-refractivity contribution in [2.75, 3.05) is 23.3 Å². The Kier molecular flexibility index (Phi) is 6.31. The average Bonchev–Trinajstić information content (AvgIpc) is 3.18. The lowest BCUT2D eigenvalue weighted by atomic mass is 10.0. The molecule has 0 aliphatic rings. The van der Waals surface area contributed by atoms with Crippen molar-refractivity contribution in [3.05, 3.63) is 59.8 Å². The number of hydrogen-bond donors (Lipinski definition) is 5. The lowest BCUT2D eigenvalue weighted by molar-refractivity contribution is -0.386. The third-order valence-electron chi connectivity index (χ3n) is 5.08. The summed E-state index contributed by atoms with van der Waals surface area (Å²) in [5.74, 6) is 0.866. The fourth-order valence-corrected chi connectivity index (χ4v) is 4.61. The molecule has 160 valence electrons. The van der Waals surface area contributed by atoms with Crippen molar-refractivity contribution in [1.29, 1.82) is 0 Å². The van der Waals surface area contributed by atoms with Gasteiger partial charge in [0, 0.05) is 44.8 Å². The molecule has 0 saturated heterocycles. The lowest BCUT2D eigenvalue weighted by Gasteiger charge is -2.13. The number of rotatable bonds is 8. The number of benzene rings is 2. The fourth-order valence-electron chi connectivity index (χ4n) is 3.53. The Morgan fingerprint density at radius 1 is 1.10 bits per heavy atom. The maximum atomic E-state index is 6.53. The van der Waals surface area contributed by atoms with Gasteiger partial charge in [-0.1, -0.05) is 13.0 Å². The third kappa shape index (κ3) is 4.77. The van der Waals surface area contributed by atoms with E-state index < -0.39 is 0 Å². The molecule has 0 fully saturated rings. The second-order valence-electron chi connectivity index (χ2n) is 7.43. The van der Waals surface area contributed by atoms with Crippen LogP contribution in [0.4, 0.5) is 23.1 Å². The molecule has 4 aromatic rings. The molecule has 0 spiro atoms. The summed E-state index contributed by atoms with van der Waals surface area (Å²) in [6, 6.07) is 14.7. The summed E-state index contributed by atoms with van der Waals surface area (Å²) in [7, 11) is 0. The van der Waals surface area contributed by atoms with Gasteiger partial charge in [-0.05, 0) is 60.3 Å². The number of fused-ring (bicyclic) bond motifs is 1. The molecule has 4 rings (SSSR count). The van der Waals surface area contributed by atoms with Crippen molar-refractivity contribution in [3.63, 3.8) is 0 Å². The monoisotopic (exact) mass is 434 g/mol. The van der Waals surface area contributed by atoms with Crippen LogP contribution in [0.25, 0.3) is 20.5 Å². The van der Waals surface area contributed by atoms with E-state index in [4.69, 9.17) is 11.5 Å². The number of nitrogen functional groups attached to an aromatic ring is 2.